The number of nitrogens with one attached hydrogen (secondary N) is 2. The fourth-order valence-corrected chi connectivity index (χ4v) is 2.15. The monoisotopic (exact) mass is 276 g/mol. The molecule has 0 heterocycles. The highest BCUT2D eigenvalue weighted by atomic mass is 32.2. The molecule has 6 nitrogen and oxygen atoms in total. The molecule has 0 aliphatic rings. The van der Waals surface area contributed by atoms with Gasteiger partial charge in [0.25, 0.3) is 10.2 Å². The lowest BCUT2D eigenvalue weighted by Gasteiger charge is -2.09. The molecule has 0 aliphatic heterocycles. The van der Waals surface area contributed by atoms with E-state index in [9.17, 15) is 17.6 Å². The zero-order chi connectivity index (χ0) is 13.8. The van der Waals surface area contributed by atoms with Gasteiger partial charge < -0.3 is 5.11 Å². The van der Waals surface area contributed by atoms with Crippen LogP contribution in [0.2, 0.25) is 0 Å². The smallest absolute Gasteiger partial charge is 0.335 e. The number of hydrogen-bond donors (Lipinski definition) is 3. The fourth-order valence-electron chi connectivity index (χ4n) is 1.15. The van der Waals surface area contributed by atoms with Gasteiger partial charge in [0.2, 0.25) is 0 Å². The molecule has 0 radical (unpaired) electrons. The Bertz CT molecular complexity index is 545. The lowest BCUT2D eigenvalue weighted by molar-refractivity contribution is 0.0696. The molecule has 0 saturated heterocycles. The van der Waals surface area contributed by atoms with E-state index in [-0.39, 0.29) is 17.8 Å². The van der Waals surface area contributed by atoms with Gasteiger partial charge in [-0.05, 0) is 24.6 Å². The summed E-state index contributed by atoms with van der Waals surface area (Å²) in [4.78, 5) is 10.6. The standard InChI is InChI=1S/C10H13FN2O4S/c1-2-5-12-18(16,17)13-9-4-3-7(10(14)15)6-8(9)11/h3-4,6,12-13H,2,5H2,1H3,(H,14,15). The van der Waals surface area contributed by atoms with Gasteiger partial charge in [0, 0.05) is 6.54 Å². The van der Waals surface area contributed by atoms with E-state index >= 15 is 0 Å². The fraction of sp³-hybridized carbons (Fsp3) is 0.300. The Morgan fingerprint density at radius 3 is 2.61 bits per heavy atom. The Balaban J connectivity index is 2.89. The molecule has 3 N–H and O–H groups in total. The van der Waals surface area contributed by atoms with Crippen molar-refractivity contribution in [2.24, 2.45) is 0 Å². The van der Waals surface area contributed by atoms with Gasteiger partial charge in [-0.15, -0.1) is 0 Å². The molecule has 0 spiro atoms. The topological polar surface area (TPSA) is 95.5 Å². The maximum atomic E-state index is 13.4. The first-order chi connectivity index (χ1) is 8.35. The summed E-state index contributed by atoms with van der Waals surface area (Å²) in [5, 5.41) is 8.63. The van der Waals surface area contributed by atoms with Gasteiger partial charge in [0.1, 0.15) is 5.82 Å². The van der Waals surface area contributed by atoms with Crippen molar-refractivity contribution in [1.82, 2.24) is 4.72 Å². The zero-order valence-corrected chi connectivity index (χ0v) is 10.4. The van der Waals surface area contributed by atoms with Crippen LogP contribution in [-0.4, -0.2) is 26.0 Å². The van der Waals surface area contributed by atoms with Gasteiger partial charge in [0.15, 0.2) is 0 Å². The van der Waals surface area contributed by atoms with Crippen molar-refractivity contribution in [2.75, 3.05) is 11.3 Å². The van der Waals surface area contributed by atoms with Crippen LogP contribution in [-0.2, 0) is 10.2 Å². The zero-order valence-electron chi connectivity index (χ0n) is 9.60. The minimum absolute atomic E-state index is 0.226. The first-order valence-corrected chi connectivity index (χ1v) is 6.64. The molecule has 1 aromatic carbocycles. The predicted molar refractivity (Wildman–Crippen MR) is 64.2 cm³/mol. The number of benzene rings is 1. The molecule has 1 rings (SSSR count). The number of carboxylic acids is 1. The molecule has 0 unspecified atom stereocenters. The van der Waals surface area contributed by atoms with Gasteiger partial charge in [-0.1, -0.05) is 6.92 Å². The predicted octanol–water partition coefficient (Wildman–Crippen LogP) is 1.18. The van der Waals surface area contributed by atoms with E-state index in [0.717, 1.165) is 18.2 Å². The van der Waals surface area contributed by atoms with Crippen molar-refractivity contribution in [1.29, 1.82) is 0 Å². The van der Waals surface area contributed by atoms with Crippen LogP contribution < -0.4 is 9.44 Å². The number of carboxylic acid groups (broad SMARTS) is 1. The van der Waals surface area contributed by atoms with Crippen LogP contribution in [0.25, 0.3) is 0 Å². The summed E-state index contributed by atoms with van der Waals surface area (Å²) < 4.78 is 40.5. The van der Waals surface area contributed by atoms with Gasteiger partial charge in [-0.2, -0.15) is 13.1 Å². The van der Waals surface area contributed by atoms with E-state index in [1.165, 1.54) is 0 Å². The van der Waals surface area contributed by atoms with Crippen molar-refractivity contribution in [3.8, 4) is 0 Å². The summed E-state index contributed by atoms with van der Waals surface area (Å²) in [5.74, 6) is -2.23. The molecule has 1 aromatic rings. The average molecular weight is 276 g/mol. The van der Waals surface area contributed by atoms with Gasteiger partial charge in [0.05, 0.1) is 11.3 Å². The minimum Gasteiger partial charge on any atom is -0.478 e. The highest BCUT2D eigenvalue weighted by molar-refractivity contribution is 7.90. The van der Waals surface area contributed by atoms with Crippen molar-refractivity contribution < 1.29 is 22.7 Å². The Labute approximate surface area is 104 Å². The lowest BCUT2D eigenvalue weighted by atomic mass is 10.2. The second kappa shape index (κ2) is 5.78. The summed E-state index contributed by atoms with van der Waals surface area (Å²) in [6, 6.07) is 2.92. The molecular weight excluding hydrogens is 263 g/mol. The van der Waals surface area contributed by atoms with Crippen LogP contribution in [0.1, 0.15) is 23.7 Å². The maximum Gasteiger partial charge on any atom is 0.335 e. The van der Waals surface area contributed by atoms with Crippen molar-refractivity contribution in [2.45, 2.75) is 13.3 Å². The molecular formula is C10H13FN2O4S. The molecule has 0 aliphatic carbocycles. The van der Waals surface area contributed by atoms with Crippen LogP contribution in [0.15, 0.2) is 18.2 Å². The average Bonchev–Trinajstić information content (AvgIpc) is 2.29. The Hall–Kier alpha value is -1.67. The Morgan fingerprint density at radius 2 is 2.11 bits per heavy atom. The number of anilines is 1. The Morgan fingerprint density at radius 1 is 1.44 bits per heavy atom. The number of halogens is 1. The lowest BCUT2D eigenvalue weighted by Crippen LogP contribution is -2.31. The second-order valence-corrected chi connectivity index (χ2v) is 5.00. The van der Waals surface area contributed by atoms with E-state index in [1.54, 1.807) is 6.92 Å². The van der Waals surface area contributed by atoms with Gasteiger partial charge in [-0.3, -0.25) is 4.72 Å². The third-order valence-electron chi connectivity index (χ3n) is 2.00. The van der Waals surface area contributed by atoms with Gasteiger partial charge in [-0.25, -0.2) is 9.18 Å². The number of rotatable bonds is 6. The summed E-state index contributed by atoms with van der Waals surface area (Å²) >= 11 is 0. The third-order valence-corrected chi connectivity index (χ3v) is 3.08. The van der Waals surface area contributed by atoms with E-state index < -0.39 is 22.0 Å². The molecule has 0 aromatic heterocycles. The molecule has 0 saturated carbocycles. The molecule has 8 heteroatoms. The quantitative estimate of drug-likeness (QED) is 0.727. The summed E-state index contributed by atoms with van der Waals surface area (Å²) in [7, 11) is -3.84. The van der Waals surface area contributed by atoms with Crippen LogP contribution in [0.4, 0.5) is 10.1 Å². The molecule has 0 amide bonds. The molecule has 100 valence electrons. The highest BCUT2D eigenvalue weighted by Gasteiger charge is 2.13. The van der Waals surface area contributed by atoms with Crippen LogP contribution in [0, 0.1) is 5.82 Å². The summed E-state index contributed by atoms with van der Waals surface area (Å²) in [6.07, 6.45) is 0.599. The Kier molecular flexibility index (Phi) is 4.62. The number of hydrogen-bond acceptors (Lipinski definition) is 3. The van der Waals surface area contributed by atoms with Crippen LogP contribution >= 0.6 is 0 Å². The van der Waals surface area contributed by atoms with Crippen LogP contribution in [0.5, 0.6) is 0 Å². The van der Waals surface area contributed by atoms with E-state index in [1.807, 2.05) is 4.72 Å². The van der Waals surface area contributed by atoms with E-state index in [2.05, 4.69) is 4.72 Å². The van der Waals surface area contributed by atoms with Crippen molar-refractivity contribution >= 4 is 21.9 Å². The number of carbonyl (C=O) groups is 1. The second-order valence-electron chi connectivity index (χ2n) is 3.50. The van der Waals surface area contributed by atoms with Crippen LogP contribution in [0.3, 0.4) is 0 Å². The molecule has 0 bridgehead atoms. The largest absolute Gasteiger partial charge is 0.478 e. The highest BCUT2D eigenvalue weighted by Crippen LogP contribution is 2.16. The summed E-state index contributed by atoms with van der Waals surface area (Å²) in [5.41, 5.74) is -0.555. The van der Waals surface area contributed by atoms with Crippen molar-refractivity contribution in [3.63, 3.8) is 0 Å². The van der Waals surface area contributed by atoms with Crippen molar-refractivity contribution in [3.05, 3.63) is 29.6 Å². The van der Waals surface area contributed by atoms with E-state index in [4.69, 9.17) is 5.11 Å². The van der Waals surface area contributed by atoms with Gasteiger partial charge >= 0.3 is 5.97 Å². The number of aromatic carboxylic acids is 1. The molecule has 0 atom stereocenters. The minimum atomic E-state index is -3.84. The first kappa shape index (κ1) is 14.4. The maximum absolute atomic E-state index is 13.4. The molecule has 18 heavy (non-hydrogen) atoms. The third kappa shape index (κ3) is 3.97. The normalized spacial score (nSPS) is 11.2. The van der Waals surface area contributed by atoms with E-state index in [0.29, 0.717) is 6.42 Å². The SMILES string of the molecule is CCCNS(=O)(=O)Nc1ccc(C(=O)O)cc1F. The first-order valence-electron chi connectivity index (χ1n) is 5.16. The molecule has 0 fully saturated rings. The summed E-state index contributed by atoms with van der Waals surface area (Å²) in [6.45, 7) is 2.01.